The normalized spacial score (nSPS) is 12.6. The Kier molecular flexibility index (Phi) is 8.20. The first-order valence-corrected chi connectivity index (χ1v) is 6.63. The molecule has 0 heterocycles. The molecule has 0 bridgehead atoms. The van der Waals surface area contributed by atoms with Gasteiger partial charge in [-0.15, -0.1) is 0 Å². The highest BCUT2D eigenvalue weighted by atomic mass is 19.3. The maximum Gasteiger partial charge on any atom is 0.480 e. The maximum atomic E-state index is 12.6. The van der Waals surface area contributed by atoms with Crippen LogP contribution in [-0.4, -0.2) is 41.1 Å². The summed E-state index contributed by atoms with van der Waals surface area (Å²) in [5.41, 5.74) is -2.47. The lowest BCUT2D eigenvalue weighted by Gasteiger charge is -2.17. The molecule has 0 aliphatic carbocycles. The van der Waals surface area contributed by atoms with Crippen molar-refractivity contribution in [2.45, 2.75) is 57.0 Å². The van der Waals surface area contributed by atoms with E-state index in [1.165, 1.54) is 6.92 Å². The first kappa shape index (κ1) is 20.5. The van der Waals surface area contributed by atoms with Gasteiger partial charge in [-0.05, 0) is 19.3 Å². The lowest BCUT2D eigenvalue weighted by molar-refractivity contribution is -0.800. The van der Waals surface area contributed by atoms with E-state index in [-0.39, 0.29) is 32.3 Å². The van der Waals surface area contributed by atoms with E-state index in [4.69, 9.17) is 4.74 Å². The Morgan fingerprint density at radius 2 is 1.64 bits per heavy atom. The number of alkyl halides is 4. The minimum Gasteiger partial charge on any atom is -0.366 e. The lowest BCUT2D eigenvalue weighted by Crippen LogP contribution is -2.50. The first-order chi connectivity index (χ1) is 10.1. The third-order valence-electron chi connectivity index (χ3n) is 3.03. The molecule has 0 aromatic carbocycles. The minimum atomic E-state index is -4.09. The van der Waals surface area contributed by atoms with E-state index in [0.29, 0.717) is 0 Å². The smallest absolute Gasteiger partial charge is 0.366 e. The molecule has 0 unspecified atom stereocenters. The summed E-state index contributed by atoms with van der Waals surface area (Å²) < 4.78 is 53.8. The highest BCUT2D eigenvalue weighted by molar-refractivity contribution is 4.69. The molecule has 0 atom stereocenters. The second-order valence-electron chi connectivity index (χ2n) is 4.82. The average molecular weight is 334 g/mol. The van der Waals surface area contributed by atoms with Crippen molar-refractivity contribution in [2.24, 2.45) is 0 Å². The van der Waals surface area contributed by atoms with Gasteiger partial charge in [0.25, 0.3) is 0 Å². The molecule has 0 aliphatic rings. The van der Waals surface area contributed by atoms with E-state index in [1.54, 1.807) is 0 Å². The third-order valence-corrected chi connectivity index (χ3v) is 3.03. The van der Waals surface area contributed by atoms with Crippen molar-refractivity contribution in [2.75, 3.05) is 13.2 Å². The molecule has 0 aromatic heterocycles. The van der Waals surface area contributed by atoms with Gasteiger partial charge in [-0.2, -0.15) is 0 Å². The molecule has 0 saturated heterocycles. The van der Waals surface area contributed by atoms with Gasteiger partial charge in [-0.25, -0.2) is 17.6 Å². The van der Waals surface area contributed by atoms with Crippen LogP contribution in [0.3, 0.4) is 0 Å². The van der Waals surface area contributed by atoms with Gasteiger partial charge in [0.05, 0.1) is 6.42 Å². The molecule has 22 heavy (non-hydrogen) atoms. The molecule has 0 N–H and O–H groups in total. The third kappa shape index (κ3) is 5.70. The van der Waals surface area contributed by atoms with Crippen molar-refractivity contribution < 1.29 is 32.1 Å². The Morgan fingerprint density at radius 3 is 2.05 bits per heavy atom. The Bertz CT molecular complexity index is 367. The zero-order valence-corrected chi connectivity index (χ0v) is 12.0. The van der Waals surface area contributed by atoms with Crippen LogP contribution in [0, 0.1) is 20.2 Å². The Labute approximate surface area is 123 Å². The highest BCUT2D eigenvalue weighted by Crippen LogP contribution is 2.28. The monoisotopic (exact) mass is 334 g/mol. The van der Waals surface area contributed by atoms with Gasteiger partial charge in [0, 0.05) is 13.0 Å². The average Bonchev–Trinajstić information content (AvgIpc) is 2.40. The van der Waals surface area contributed by atoms with Gasteiger partial charge in [0.2, 0.25) is 0 Å². The van der Waals surface area contributed by atoms with Gasteiger partial charge in [-0.1, -0.05) is 6.92 Å². The molecule has 0 radical (unpaired) electrons. The van der Waals surface area contributed by atoms with Crippen molar-refractivity contribution in [1.82, 2.24) is 0 Å². The fraction of sp³-hybridized carbons (Fsp3) is 1.00. The number of unbranched alkanes of at least 4 members (excludes halogenated alkanes) is 1. The van der Waals surface area contributed by atoms with E-state index in [9.17, 15) is 37.8 Å². The van der Waals surface area contributed by atoms with Gasteiger partial charge in [-0.3, -0.25) is 20.2 Å². The summed E-state index contributed by atoms with van der Waals surface area (Å²) in [6.45, 7) is 0.479. The van der Waals surface area contributed by atoms with Gasteiger partial charge in [0.1, 0.15) is 9.85 Å². The van der Waals surface area contributed by atoms with Crippen LogP contribution in [0.25, 0.3) is 0 Å². The summed E-state index contributed by atoms with van der Waals surface area (Å²) in [6.07, 6.45) is -5.29. The van der Waals surface area contributed by atoms with E-state index in [2.05, 4.69) is 0 Å². The van der Waals surface area contributed by atoms with E-state index >= 15 is 0 Å². The van der Waals surface area contributed by atoms with Crippen LogP contribution in [0.2, 0.25) is 0 Å². The van der Waals surface area contributed by atoms with Crippen LogP contribution in [-0.2, 0) is 4.74 Å². The van der Waals surface area contributed by atoms with Crippen LogP contribution in [0.15, 0.2) is 0 Å². The van der Waals surface area contributed by atoms with Gasteiger partial charge >= 0.3 is 18.0 Å². The van der Waals surface area contributed by atoms with Crippen LogP contribution in [0.1, 0.15) is 39.0 Å². The van der Waals surface area contributed by atoms with E-state index < -0.39 is 40.9 Å². The Morgan fingerprint density at radius 1 is 1.09 bits per heavy atom. The number of ether oxygens (including phenoxy) is 1. The number of halogens is 4. The topological polar surface area (TPSA) is 95.5 Å². The highest BCUT2D eigenvalue weighted by Gasteiger charge is 2.55. The molecular formula is C11H18F4N2O5. The summed E-state index contributed by atoms with van der Waals surface area (Å²) >= 11 is 0. The SMILES string of the molecule is CCCC(COCCCCC(F)(F)C(F)F)([N+](=O)[O-])[N+](=O)[O-]. The zero-order chi connectivity index (χ0) is 17.4. The van der Waals surface area contributed by atoms with Crippen molar-refractivity contribution in [3.63, 3.8) is 0 Å². The van der Waals surface area contributed by atoms with Crippen LogP contribution >= 0.6 is 0 Å². The number of nitro groups is 2. The molecular weight excluding hydrogens is 316 g/mol. The molecule has 11 heteroatoms. The lowest BCUT2D eigenvalue weighted by atomic mass is 10.1. The van der Waals surface area contributed by atoms with Gasteiger partial charge in [0.15, 0.2) is 6.61 Å². The van der Waals surface area contributed by atoms with Crippen molar-refractivity contribution in [3.8, 4) is 0 Å². The Balaban J connectivity index is 4.26. The Hall–Kier alpha value is -1.52. The molecule has 0 aliphatic heterocycles. The number of hydrogen-bond acceptors (Lipinski definition) is 5. The largest absolute Gasteiger partial charge is 0.480 e. The van der Waals surface area contributed by atoms with E-state index in [0.717, 1.165) is 0 Å². The van der Waals surface area contributed by atoms with Crippen LogP contribution in [0.5, 0.6) is 0 Å². The molecule has 0 amide bonds. The summed E-state index contributed by atoms with van der Waals surface area (Å²) in [5, 5.41) is 21.8. The molecule has 0 rings (SSSR count). The number of rotatable bonds is 12. The maximum absolute atomic E-state index is 12.6. The van der Waals surface area contributed by atoms with Crippen molar-refractivity contribution >= 4 is 0 Å². The standard InChI is InChI=1S/C11H18F4N2O5/c1-2-5-10(16(18)19,17(20)21)8-22-7-4-3-6-11(14,15)9(12)13/h9H,2-8H2,1H3. The molecule has 0 saturated carbocycles. The summed E-state index contributed by atoms with van der Waals surface area (Å²) in [7, 11) is 0. The number of nitrogens with zero attached hydrogens (tertiary/aromatic N) is 2. The molecule has 0 aromatic rings. The fourth-order valence-corrected chi connectivity index (χ4v) is 1.74. The van der Waals surface area contributed by atoms with Crippen molar-refractivity contribution in [1.29, 1.82) is 0 Å². The second-order valence-corrected chi connectivity index (χ2v) is 4.82. The van der Waals surface area contributed by atoms with Crippen LogP contribution in [0.4, 0.5) is 17.6 Å². The summed E-state index contributed by atoms with van der Waals surface area (Å²) in [4.78, 5) is 19.7. The zero-order valence-electron chi connectivity index (χ0n) is 12.0. The minimum absolute atomic E-state index is 0.0556. The second kappa shape index (κ2) is 8.81. The predicted molar refractivity (Wildman–Crippen MR) is 67.2 cm³/mol. The van der Waals surface area contributed by atoms with Crippen LogP contribution < -0.4 is 0 Å². The molecule has 130 valence electrons. The molecule has 0 spiro atoms. The summed E-state index contributed by atoms with van der Waals surface area (Å²) in [5.74, 6) is -4.09. The quantitative estimate of drug-likeness (QED) is 0.180. The first-order valence-electron chi connectivity index (χ1n) is 6.63. The van der Waals surface area contributed by atoms with Crippen molar-refractivity contribution in [3.05, 3.63) is 20.2 Å². The van der Waals surface area contributed by atoms with Gasteiger partial charge < -0.3 is 4.74 Å². The summed E-state index contributed by atoms with van der Waals surface area (Å²) in [6, 6.07) is 0. The molecule has 0 fully saturated rings. The fourth-order valence-electron chi connectivity index (χ4n) is 1.74. The predicted octanol–water partition coefficient (Wildman–Crippen LogP) is 3.12. The van der Waals surface area contributed by atoms with E-state index in [1.807, 2.05) is 0 Å². The number of hydrogen-bond donors (Lipinski definition) is 0. The molecule has 7 nitrogen and oxygen atoms in total.